The molecule has 0 amide bonds. The number of ketones is 2. The fourth-order valence-corrected chi connectivity index (χ4v) is 4.35. The maximum Gasteiger partial charge on any atom is 0.514 e. The minimum Gasteiger partial charge on any atom is -0.429 e. The summed E-state index contributed by atoms with van der Waals surface area (Å²) in [5, 5.41) is 0. The number of carbonyl (C=O) groups excluding carboxylic acids is 3. The molecule has 0 atom stereocenters. The van der Waals surface area contributed by atoms with E-state index in [1.54, 1.807) is 54.6 Å². The van der Waals surface area contributed by atoms with E-state index in [0.29, 0.717) is 28.0 Å². The van der Waals surface area contributed by atoms with E-state index in [2.05, 4.69) is 0 Å². The zero-order valence-corrected chi connectivity index (χ0v) is 16.1. The van der Waals surface area contributed by atoms with E-state index < -0.39 is 6.16 Å². The van der Waals surface area contributed by atoms with Gasteiger partial charge in [-0.1, -0.05) is 42.5 Å². The zero-order valence-electron chi connectivity index (χ0n) is 16.1. The summed E-state index contributed by atoms with van der Waals surface area (Å²) in [6, 6.07) is 17.3. The lowest BCUT2D eigenvalue weighted by Gasteiger charge is -2.22. The molecule has 0 unspecified atom stereocenters. The normalized spacial score (nSPS) is 14.0. The molecule has 0 bridgehead atoms. The lowest BCUT2D eigenvalue weighted by molar-refractivity contribution is 0.0922. The summed E-state index contributed by atoms with van der Waals surface area (Å²) >= 11 is 0. The molecule has 5 rings (SSSR count). The predicted octanol–water partition coefficient (Wildman–Crippen LogP) is 4.67. The van der Waals surface area contributed by atoms with Crippen molar-refractivity contribution in [1.82, 2.24) is 0 Å². The predicted molar refractivity (Wildman–Crippen MR) is 109 cm³/mol. The average Bonchev–Trinajstić information content (AvgIpc) is 3.26. The van der Waals surface area contributed by atoms with Gasteiger partial charge in [0.1, 0.15) is 12.4 Å². The van der Waals surface area contributed by atoms with Crippen molar-refractivity contribution in [3.63, 3.8) is 0 Å². The Morgan fingerprint density at radius 1 is 0.800 bits per heavy atom. The molecule has 2 aliphatic carbocycles. The summed E-state index contributed by atoms with van der Waals surface area (Å²) in [5.74, 6) is 0.132. The maximum absolute atomic E-state index is 13.1. The zero-order chi connectivity index (χ0) is 20.7. The van der Waals surface area contributed by atoms with Crippen molar-refractivity contribution >= 4 is 17.7 Å². The first-order chi connectivity index (χ1) is 14.6. The van der Waals surface area contributed by atoms with Crippen molar-refractivity contribution < 1.29 is 23.9 Å². The number of rotatable bonds is 3. The fraction of sp³-hybridized carbons (Fsp3) is 0.160. The second-order valence-corrected chi connectivity index (χ2v) is 7.43. The molecule has 0 aliphatic heterocycles. The molecular weight excluding hydrogens is 380 g/mol. The standard InChI is InChI=1S/C25H18O5/c26-23-19-9-4-5-10-20(19)24(27)22-18-12-6-11-17(18)15(13-21(22)23)14-29-25(28)30-16-7-2-1-3-8-16/h1-5,7-10,13H,6,11-12,14H2. The van der Waals surface area contributed by atoms with Gasteiger partial charge >= 0.3 is 6.16 Å². The summed E-state index contributed by atoms with van der Waals surface area (Å²) < 4.78 is 10.5. The van der Waals surface area contributed by atoms with Gasteiger partial charge in [0.15, 0.2) is 11.6 Å². The summed E-state index contributed by atoms with van der Waals surface area (Å²) in [4.78, 5) is 38.3. The van der Waals surface area contributed by atoms with Crippen molar-refractivity contribution in [2.75, 3.05) is 0 Å². The van der Waals surface area contributed by atoms with Crippen LogP contribution in [-0.4, -0.2) is 17.7 Å². The molecule has 0 fully saturated rings. The molecule has 3 aromatic carbocycles. The van der Waals surface area contributed by atoms with Crippen LogP contribution >= 0.6 is 0 Å². The topological polar surface area (TPSA) is 69.7 Å². The van der Waals surface area contributed by atoms with Gasteiger partial charge in [-0.05, 0) is 54.2 Å². The number of benzene rings is 3. The molecule has 0 radical (unpaired) electrons. The van der Waals surface area contributed by atoms with Crippen molar-refractivity contribution in [2.24, 2.45) is 0 Å². The van der Waals surface area contributed by atoms with Crippen LogP contribution in [0.5, 0.6) is 5.75 Å². The maximum atomic E-state index is 13.1. The SMILES string of the molecule is O=C(OCc1cc2c(c3c1CCC3)C(=O)c1ccccc1C2=O)Oc1ccccc1. The first-order valence-electron chi connectivity index (χ1n) is 9.89. The van der Waals surface area contributed by atoms with Gasteiger partial charge in [0.2, 0.25) is 0 Å². The molecule has 30 heavy (non-hydrogen) atoms. The van der Waals surface area contributed by atoms with E-state index in [1.165, 1.54) is 0 Å². The molecule has 0 N–H and O–H groups in total. The molecule has 0 aromatic heterocycles. The van der Waals surface area contributed by atoms with Gasteiger partial charge < -0.3 is 9.47 Å². The van der Waals surface area contributed by atoms with E-state index in [9.17, 15) is 14.4 Å². The number of hydrogen-bond acceptors (Lipinski definition) is 5. The van der Waals surface area contributed by atoms with Crippen molar-refractivity contribution in [2.45, 2.75) is 25.9 Å². The third kappa shape index (κ3) is 2.99. The van der Waals surface area contributed by atoms with Crippen LogP contribution in [0, 0.1) is 0 Å². The Bertz CT molecular complexity index is 1190. The number of hydrogen-bond donors (Lipinski definition) is 0. The number of para-hydroxylation sites is 1. The second kappa shape index (κ2) is 7.26. The summed E-state index contributed by atoms with van der Waals surface area (Å²) in [6.07, 6.45) is 1.62. The van der Waals surface area contributed by atoms with E-state index in [4.69, 9.17) is 9.47 Å². The van der Waals surface area contributed by atoms with Crippen LogP contribution < -0.4 is 4.74 Å². The van der Waals surface area contributed by atoms with Crippen molar-refractivity contribution in [3.05, 3.63) is 99.6 Å². The Morgan fingerprint density at radius 2 is 1.47 bits per heavy atom. The molecule has 0 spiro atoms. The largest absolute Gasteiger partial charge is 0.514 e. The number of carbonyl (C=O) groups is 3. The van der Waals surface area contributed by atoms with E-state index >= 15 is 0 Å². The van der Waals surface area contributed by atoms with Gasteiger partial charge in [0.25, 0.3) is 0 Å². The molecule has 2 aliphatic rings. The van der Waals surface area contributed by atoms with Crippen LogP contribution in [0.3, 0.4) is 0 Å². The summed E-state index contributed by atoms with van der Waals surface area (Å²) in [5.41, 5.74) is 4.46. The molecular formula is C25H18O5. The Hall–Kier alpha value is -3.73. The molecule has 0 saturated heterocycles. The fourth-order valence-electron chi connectivity index (χ4n) is 4.35. The van der Waals surface area contributed by atoms with E-state index in [0.717, 1.165) is 36.0 Å². The lowest BCUT2D eigenvalue weighted by atomic mass is 9.79. The summed E-state index contributed by atoms with van der Waals surface area (Å²) in [7, 11) is 0. The van der Waals surface area contributed by atoms with Crippen molar-refractivity contribution in [3.8, 4) is 5.75 Å². The molecule has 0 heterocycles. The van der Waals surface area contributed by atoms with Gasteiger partial charge in [-0.25, -0.2) is 4.79 Å². The van der Waals surface area contributed by atoms with Crippen LogP contribution in [0.4, 0.5) is 4.79 Å². The highest BCUT2D eigenvalue weighted by Gasteiger charge is 2.34. The van der Waals surface area contributed by atoms with Gasteiger partial charge in [0.05, 0.1) is 0 Å². The van der Waals surface area contributed by atoms with Gasteiger partial charge in [-0.3, -0.25) is 9.59 Å². The molecule has 3 aromatic rings. The number of fused-ring (bicyclic) bond motifs is 4. The van der Waals surface area contributed by atoms with Crippen LogP contribution in [-0.2, 0) is 24.2 Å². The van der Waals surface area contributed by atoms with Crippen LogP contribution in [0.15, 0.2) is 60.7 Å². The molecule has 5 nitrogen and oxygen atoms in total. The van der Waals surface area contributed by atoms with E-state index in [1.807, 2.05) is 6.07 Å². The van der Waals surface area contributed by atoms with E-state index in [-0.39, 0.29) is 18.2 Å². The number of ether oxygens (including phenoxy) is 2. The molecule has 148 valence electrons. The highest BCUT2D eigenvalue weighted by Crippen LogP contribution is 2.37. The van der Waals surface area contributed by atoms with Gasteiger partial charge in [0, 0.05) is 22.3 Å². The van der Waals surface area contributed by atoms with Crippen molar-refractivity contribution in [1.29, 1.82) is 0 Å². The van der Waals surface area contributed by atoms with Gasteiger partial charge in [-0.2, -0.15) is 0 Å². The van der Waals surface area contributed by atoms with Crippen LogP contribution in [0.25, 0.3) is 0 Å². The minimum atomic E-state index is -0.807. The van der Waals surface area contributed by atoms with Gasteiger partial charge in [-0.15, -0.1) is 0 Å². The average molecular weight is 398 g/mol. The third-order valence-electron chi connectivity index (χ3n) is 5.67. The Morgan fingerprint density at radius 3 is 2.23 bits per heavy atom. The third-order valence-corrected chi connectivity index (χ3v) is 5.67. The first-order valence-corrected chi connectivity index (χ1v) is 9.89. The second-order valence-electron chi connectivity index (χ2n) is 7.43. The minimum absolute atomic E-state index is 0.00953. The highest BCUT2D eigenvalue weighted by atomic mass is 16.7. The van der Waals surface area contributed by atoms with Crippen LogP contribution in [0.1, 0.15) is 55.0 Å². The van der Waals surface area contributed by atoms with Crippen LogP contribution in [0.2, 0.25) is 0 Å². The molecule has 0 saturated carbocycles. The smallest absolute Gasteiger partial charge is 0.429 e. The highest BCUT2D eigenvalue weighted by molar-refractivity contribution is 6.29. The summed E-state index contributed by atoms with van der Waals surface area (Å²) in [6.45, 7) is -0.00953. The lowest BCUT2D eigenvalue weighted by Crippen LogP contribution is -2.23. The Labute approximate surface area is 173 Å². The first kappa shape index (κ1) is 18.3. The quantitative estimate of drug-likeness (QED) is 0.371. The Kier molecular flexibility index (Phi) is 4.43. The Balaban J connectivity index is 1.46. The monoisotopic (exact) mass is 398 g/mol. The molecule has 5 heteroatoms.